The fourth-order valence-electron chi connectivity index (χ4n) is 1.97. The zero-order chi connectivity index (χ0) is 16.3. The number of methoxy groups -OCH3 is 1. The van der Waals surface area contributed by atoms with E-state index in [-0.39, 0.29) is 22.6 Å². The van der Waals surface area contributed by atoms with E-state index < -0.39 is 5.91 Å². The minimum absolute atomic E-state index is 0.158. The van der Waals surface area contributed by atoms with Crippen LogP contribution in [0.25, 0.3) is 0 Å². The van der Waals surface area contributed by atoms with Crippen molar-refractivity contribution in [2.24, 2.45) is 7.05 Å². The summed E-state index contributed by atoms with van der Waals surface area (Å²) in [5, 5.41) is 9.85. The maximum absolute atomic E-state index is 12.4. The van der Waals surface area contributed by atoms with E-state index in [4.69, 9.17) is 15.9 Å². The third kappa shape index (κ3) is 2.83. The van der Waals surface area contributed by atoms with Gasteiger partial charge in [-0.05, 0) is 18.2 Å². The van der Waals surface area contributed by atoms with Crippen LogP contribution in [-0.4, -0.2) is 23.8 Å². The van der Waals surface area contributed by atoms with Crippen LogP contribution in [0.4, 0.5) is 11.4 Å². The highest BCUT2D eigenvalue weighted by molar-refractivity contribution is 6.07. The van der Waals surface area contributed by atoms with Gasteiger partial charge in [0.15, 0.2) is 0 Å². The molecule has 0 bridgehead atoms. The average Bonchev–Trinajstić information content (AvgIpc) is 2.51. The van der Waals surface area contributed by atoms with Crippen molar-refractivity contribution < 1.29 is 9.53 Å². The standard InChI is InChI=1S/C15H16N4O3/c1-19-5-3-4-12(15(19)21)18-14(20)10-6-9(8-16)11(17)7-13(10)22-2/h3-8,16H,17H2,1-2H3,(H,18,20). The third-order valence-electron chi connectivity index (χ3n) is 3.18. The fourth-order valence-corrected chi connectivity index (χ4v) is 1.97. The number of benzene rings is 1. The molecule has 0 unspecified atom stereocenters. The first-order valence-corrected chi connectivity index (χ1v) is 6.43. The second-order valence-electron chi connectivity index (χ2n) is 4.62. The molecule has 2 rings (SSSR count). The number of rotatable bonds is 4. The number of nitrogens with two attached hydrogens (primary N) is 1. The number of anilines is 2. The number of carbonyl (C=O) groups excluding carboxylic acids is 1. The van der Waals surface area contributed by atoms with Gasteiger partial charge in [-0.2, -0.15) is 0 Å². The van der Waals surface area contributed by atoms with Crippen LogP contribution in [0.2, 0.25) is 0 Å². The van der Waals surface area contributed by atoms with Crippen LogP contribution < -0.4 is 21.3 Å². The molecule has 1 aromatic heterocycles. The predicted molar refractivity (Wildman–Crippen MR) is 84.9 cm³/mol. The van der Waals surface area contributed by atoms with Gasteiger partial charge in [-0.25, -0.2) is 0 Å². The SMILES string of the molecule is COc1cc(N)c(C=N)cc1C(=O)Nc1cccn(C)c1=O. The molecule has 1 aromatic carbocycles. The van der Waals surface area contributed by atoms with Crippen molar-refractivity contribution in [1.82, 2.24) is 4.57 Å². The normalized spacial score (nSPS) is 10.1. The van der Waals surface area contributed by atoms with Gasteiger partial charge in [-0.3, -0.25) is 9.59 Å². The van der Waals surface area contributed by atoms with E-state index >= 15 is 0 Å². The lowest BCUT2D eigenvalue weighted by Crippen LogP contribution is -2.24. The Bertz CT molecular complexity index is 796. The first kappa shape index (κ1) is 15.3. The van der Waals surface area contributed by atoms with Gasteiger partial charge < -0.3 is 25.8 Å². The molecule has 0 fully saturated rings. The number of nitrogen functional groups attached to an aromatic ring is 1. The van der Waals surface area contributed by atoms with Crippen LogP contribution in [0.5, 0.6) is 5.75 Å². The van der Waals surface area contributed by atoms with Gasteiger partial charge in [0.05, 0.1) is 12.7 Å². The van der Waals surface area contributed by atoms with E-state index in [0.29, 0.717) is 11.3 Å². The van der Waals surface area contributed by atoms with Crippen molar-refractivity contribution in [3.05, 3.63) is 51.9 Å². The second kappa shape index (κ2) is 6.13. The van der Waals surface area contributed by atoms with Gasteiger partial charge in [-0.1, -0.05) is 0 Å². The van der Waals surface area contributed by atoms with Crippen molar-refractivity contribution in [1.29, 1.82) is 5.41 Å². The van der Waals surface area contributed by atoms with Gasteiger partial charge in [0.2, 0.25) is 0 Å². The highest BCUT2D eigenvalue weighted by Gasteiger charge is 2.16. The number of pyridine rings is 1. The van der Waals surface area contributed by atoms with Gasteiger partial charge in [0.25, 0.3) is 11.5 Å². The van der Waals surface area contributed by atoms with E-state index in [1.165, 1.54) is 29.9 Å². The molecule has 114 valence electrons. The van der Waals surface area contributed by atoms with Crippen LogP contribution in [-0.2, 0) is 7.05 Å². The Morgan fingerprint density at radius 2 is 2.18 bits per heavy atom. The third-order valence-corrected chi connectivity index (χ3v) is 3.18. The topological polar surface area (TPSA) is 110 Å². The minimum atomic E-state index is -0.511. The van der Waals surface area contributed by atoms with E-state index in [9.17, 15) is 9.59 Å². The summed E-state index contributed by atoms with van der Waals surface area (Å²) in [5.74, 6) is -0.239. The summed E-state index contributed by atoms with van der Waals surface area (Å²) in [6.07, 6.45) is 2.64. The number of aromatic nitrogens is 1. The van der Waals surface area contributed by atoms with Crippen LogP contribution in [0.1, 0.15) is 15.9 Å². The Kier molecular flexibility index (Phi) is 4.26. The summed E-state index contributed by atoms with van der Waals surface area (Å²) in [6.45, 7) is 0. The number of nitrogens with one attached hydrogen (secondary N) is 2. The molecule has 0 aliphatic rings. The highest BCUT2D eigenvalue weighted by atomic mass is 16.5. The van der Waals surface area contributed by atoms with E-state index in [1.54, 1.807) is 19.3 Å². The van der Waals surface area contributed by atoms with Crippen molar-refractivity contribution in [3.8, 4) is 5.75 Å². The summed E-state index contributed by atoms with van der Waals surface area (Å²) >= 11 is 0. The van der Waals surface area contributed by atoms with Crippen LogP contribution in [0.3, 0.4) is 0 Å². The molecule has 0 saturated carbocycles. The van der Waals surface area contributed by atoms with Crippen molar-refractivity contribution in [3.63, 3.8) is 0 Å². The first-order chi connectivity index (χ1) is 10.5. The molecule has 0 atom stereocenters. The zero-order valence-electron chi connectivity index (χ0n) is 12.2. The molecular formula is C15H16N4O3. The van der Waals surface area contributed by atoms with Gasteiger partial charge in [0.1, 0.15) is 11.4 Å². The maximum atomic E-state index is 12.4. The van der Waals surface area contributed by atoms with Gasteiger partial charge in [0, 0.05) is 36.8 Å². The molecule has 2 aromatic rings. The Hall–Kier alpha value is -3.09. The Morgan fingerprint density at radius 1 is 1.45 bits per heavy atom. The van der Waals surface area contributed by atoms with Crippen molar-refractivity contribution in [2.75, 3.05) is 18.2 Å². The largest absolute Gasteiger partial charge is 0.496 e. The first-order valence-electron chi connectivity index (χ1n) is 6.43. The molecule has 1 heterocycles. The second-order valence-corrected chi connectivity index (χ2v) is 4.62. The maximum Gasteiger partial charge on any atom is 0.274 e. The van der Waals surface area contributed by atoms with E-state index in [0.717, 1.165) is 6.21 Å². The zero-order valence-corrected chi connectivity index (χ0v) is 12.2. The van der Waals surface area contributed by atoms with E-state index in [1.807, 2.05) is 0 Å². The Labute approximate surface area is 126 Å². The summed E-state index contributed by atoms with van der Waals surface area (Å²) in [6, 6.07) is 6.09. The fraction of sp³-hybridized carbons (Fsp3) is 0.133. The van der Waals surface area contributed by atoms with E-state index in [2.05, 4.69) is 5.32 Å². The summed E-state index contributed by atoms with van der Waals surface area (Å²) in [7, 11) is 3.01. The molecule has 0 radical (unpaired) electrons. The summed E-state index contributed by atoms with van der Waals surface area (Å²) in [4.78, 5) is 24.3. The molecule has 0 saturated heterocycles. The van der Waals surface area contributed by atoms with Crippen LogP contribution in [0.15, 0.2) is 35.3 Å². The smallest absolute Gasteiger partial charge is 0.274 e. The number of aryl methyl sites for hydroxylation is 1. The lowest BCUT2D eigenvalue weighted by atomic mass is 10.1. The van der Waals surface area contributed by atoms with Crippen LogP contribution >= 0.6 is 0 Å². The molecule has 7 heteroatoms. The monoisotopic (exact) mass is 300 g/mol. The van der Waals surface area contributed by atoms with Gasteiger partial charge in [-0.15, -0.1) is 0 Å². The number of ether oxygens (including phenoxy) is 1. The molecule has 22 heavy (non-hydrogen) atoms. The number of amides is 1. The molecule has 0 spiro atoms. The van der Waals surface area contributed by atoms with Crippen molar-refractivity contribution in [2.45, 2.75) is 0 Å². The highest BCUT2D eigenvalue weighted by Crippen LogP contribution is 2.25. The van der Waals surface area contributed by atoms with Crippen molar-refractivity contribution >= 4 is 23.5 Å². The molecule has 7 nitrogen and oxygen atoms in total. The lowest BCUT2D eigenvalue weighted by Gasteiger charge is -2.12. The quantitative estimate of drug-likeness (QED) is 0.582. The number of hydrogen-bond donors (Lipinski definition) is 3. The molecular weight excluding hydrogens is 284 g/mol. The predicted octanol–water partition coefficient (Wildman–Crippen LogP) is 1.23. The summed E-state index contributed by atoms with van der Waals surface area (Å²) < 4.78 is 6.50. The minimum Gasteiger partial charge on any atom is -0.496 e. The lowest BCUT2D eigenvalue weighted by molar-refractivity contribution is 0.102. The van der Waals surface area contributed by atoms with Gasteiger partial charge >= 0.3 is 0 Å². The molecule has 0 aliphatic heterocycles. The number of nitrogens with zero attached hydrogens (tertiary/aromatic N) is 1. The average molecular weight is 300 g/mol. The number of hydrogen-bond acceptors (Lipinski definition) is 5. The molecule has 1 amide bonds. The number of carbonyl (C=O) groups is 1. The van der Waals surface area contributed by atoms with Crippen LogP contribution in [0, 0.1) is 5.41 Å². The molecule has 4 N–H and O–H groups in total. The molecule has 0 aliphatic carbocycles. The Balaban J connectivity index is 2.43. The Morgan fingerprint density at radius 3 is 2.82 bits per heavy atom. The summed E-state index contributed by atoms with van der Waals surface area (Å²) in [5.41, 5.74) is 6.52.